The second-order valence-corrected chi connectivity index (χ2v) is 5.67. The third-order valence-electron chi connectivity index (χ3n) is 4.04. The van der Waals surface area contributed by atoms with Gasteiger partial charge in [0.1, 0.15) is 17.1 Å². The number of aromatic nitrogens is 1. The van der Waals surface area contributed by atoms with Gasteiger partial charge in [0, 0.05) is 5.56 Å². The molecule has 25 heavy (non-hydrogen) atoms. The predicted octanol–water partition coefficient (Wildman–Crippen LogP) is 4.89. The van der Waals surface area contributed by atoms with Crippen LogP contribution in [-0.4, -0.2) is 12.1 Å². The Hall–Kier alpha value is -3.34. The van der Waals surface area contributed by atoms with Crippen molar-refractivity contribution in [2.45, 2.75) is 0 Å². The molecular weight excluding hydrogens is 319 g/mol. The molecule has 0 radical (unpaired) electrons. The van der Waals surface area contributed by atoms with Crippen molar-refractivity contribution in [3.05, 3.63) is 66.5 Å². The Morgan fingerprint density at radius 2 is 1.64 bits per heavy atom. The van der Waals surface area contributed by atoms with E-state index in [0.717, 1.165) is 22.2 Å². The van der Waals surface area contributed by atoms with Gasteiger partial charge in [0.05, 0.1) is 12.8 Å². The summed E-state index contributed by atoms with van der Waals surface area (Å²) in [5.41, 5.74) is 10.5. The summed E-state index contributed by atoms with van der Waals surface area (Å²) in [6.45, 7) is 0. The number of nitrogens with two attached hydrogens (primary N) is 1. The van der Waals surface area contributed by atoms with Crippen LogP contribution >= 0.6 is 0 Å². The van der Waals surface area contributed by atoms with Crippen molar-refractivity contribution < 1.29 is 13.5 Å². The number of oxazole rings is 1. The number of ether oxygens (including phenoxy) is 1. The Bertz CT molecular complexity index is 1060. The van der Waals surface area contributed by atoms with Gasteiger partial charge in [-0.25, -0.2) is 9.37 Å². The summed E-state index contributed by atoms with van der Waals surface area (Å²) in [6.07, 6.45) is 0. The zero-order valence-electron chi connectivity index (χ0n) is 13.5. The molecule has 5 heteroatoms. The molecule has 3 aromatic carbocycles. The molecule has 4 nitrogen and oxygen atoms in total. The van der Waals surface area contributed by atoms with E-state index in [0.29, 0.717) is 22.9 Å². The van der Waals surface area contributed by atoms with Crippen LogP contribution in [-0.2, 0) is 0 Å². The third-order valence-corrected chi connectivity index (χ3v) is 4.04. The molecule has 0 aliphatic rings. The molecule has 0 amide bonds. The van der Waals surface area contributed by atoms with Gasteiger partial charge in [0.25, 0.3) is 0 Å². The lowest BCUT2D eigenvalue weighted by molar-refractivity contribution is 0.417. The van der Waals surface area contributed by atoms with Gasteiger partial charge in [-0.2, -0.15) is 0 Å². The largest absolute Gasteiger partial charge is 0.495 e. The molecular formula is C20H15FN2O2. The van der Waals surface area contributed by atoms with Gasteiger partial charge < -0.3 is 14.9 Å². The first-order valence-electron chi connectivity index (χ1n) is 7.74. The second kappa shape index (κ2) is 5.94. The Balaban J connectivity index is 1.75. The molecule has 0 fully saturated rings. The van der Waals surface area contributed by atoms with Crippen molar-refractivity contribution in [2.75, 3.05) is 12.8 Å². The number of nitrogen functional groups attached to an aromatic ring is 1. The van der Waals surface area contributed by atoms with E-state index in [1.54, 1.807) is 31.4 Å². The number of rotatable bonds is 3. The molecule has 4 rings (SSSR count). The fourth-order valence-electron chi connectivity index (χ4n) is 2.74. The van der Waals surface area contributed by atoms with Crippen LogP contribution in [0.15, 0.2) is 65.1 Å². The second-order valence-electron chi connectivity index (χ2n) is 5.67. The molecule has 1 heterocycles. The lowest BCUT2D eigenvalue weighted by Gasteiger charge is -2.04. The van der Waals surface area contributed by atoms with Crippen LogP contribution in [0, 0.1) is 5.82 Å². The number of benzene rings is 3. The van der Waals surface area contributed by atoms with Gasteiger partial charge >= 0.3 is 0 Å². The van der Waals surface area contributed by atoms with Crippen LogP contribution < -0.4 is 10.5 Å². The van der Waals surface area contributed by atoms with Gasteiger partial charge in [0.2, 0.25) is 5.89 Å². The van der Waals surface area contributed by atoms with Crippen LogP contribution in [0.3, 0.4) is 0 Å². The van der Waals surface area contributed by atoms with Crippen LogP contribution in [0.25, 0.3) is 33.7 Å². The van der Waals surface area contributed by atoms with E-state index in [4.69, 9.17) is 14.9 Å². The topological polar surface area (TPSA) is 61.3 Å². The summed E-state index contributed by atoms with van der Waals surface area (Å²) in [5, 5.41) is 0. The van der Waals surface area contributed by atoms with E-state index in [-0.39, 0.29) is 5.82 Å². The van der Waals surface area contributed by atoms with Gasteiger partial charge in [-0.3, -0.25) is 0 Å². The minimum Gasteiger partial charge on any atom is -0.495 e. The van der Waals surface area contributed by atoms with Gasteiger partial charge in [-0.1, -0.05) is 18.2 Å². The normalized spacial score (nSPS) is 11.0. The minimum atomic E-state index is -0.259. The first-order chi connectivity index (χ1) is 12.1. The summed E-state index contributed by atoms with van der Waals surface area (Å²) in [7, 11) is 1.57. The predicted molar refractivity (Wildman–Crippen MR) is 95.8 cm³/mol. The van der Waals surface area contributed by atoms with Crippen molar-refractivity contribution in [3.8, 4) is 28.3 Å². The standard InChI is InChI=1S/C20H15FN2O2/c1-24-18-8-5-14(10-16(18)22)20-23-17-11-13(4-9-19(17)25-20)12-2-6-15(21)7-3-12/h2-11H,22H2,1H3. The smallest absolute Gasteiger partial charge is 0.227 e. The summed E-state index contributed by atoms with van der Waals surface area (Å²) in [6, 6.07) is 17.5. The summed E-state index contributed by atoms with van der Waals surface area (Å²) >= 11 is 0. The molecule has 124 valence electrons. The van der Waals surface area contributed by atoms with E-state index in [9.17, 15) is 4.39 Å². The monoisotopic (exact) mass is 334 g/mol. The van der Waals surface area contributed by atoms with Crippen molar-refractivity contribution >= 4 is 16.8 Å². The number of hydrogen-bond acceptors (Lipinski definition) is 4. The molecule has 0 atom stereocenters. The number of fused-ring (bicyclic) bond motifs is 1. The first-order valence-corrected chi connectivity index (χ1v) is 7.74. The Kier molecular flexibility index (Phi) is 3.61. The summed E-state index contributed by atoms with van der Waals surface area (Å²) in [5.74, 6) is 0.838. The van der Waals surface area contributed by atoms with Crippen molar-refractivity contribution in [2.24, 2.45) is 0 Å². The fourth-order valence-corrected chi connectivity index (χ4v) is 2.74. The minimum absolute atomic E-state index is 0.259. The molecule has 4 aromatic rings. The van der Waals surface area contributed by atoms with Crippen molar-refractivity contribution in [1.82, 2.24) is 4.98 Å². The number of nitrogens with zero attached hydrogens (tertiary/aromatic N) is 1. The molecule has 0 spiro atoms. The Labute approximate surface area is 143 Å². The molecule has 0 aliphatic carbocycles. The number of anilines is 1. The molecule has 0 bridgehead atoms. The summed E-state index contributed by atoms with van der Waals surface area (Å²) in [4.78, 5) is 4.55. The SMILES string of the molecule is COc1ccc(-c2nc3cc(-c4ccc(F)cc4)ccc3o2)cc1N. The lowest BCUT2D eigenvalue weighted by Crippen LogP contribution is -1.92. The maximum Gasteiger partial charge on any atom is 0.227 e. The number of methoxy groups -OCH3 is 1. The van der Waals surface area contributed by atoms with Crippen LogP contribution in [0.2, 0.25) is 0 Å². The van der Waals surface area contributed by atoms with E-state index in [1.807, 2.05) is 24.3 Å². The number of hydrogen-bond donors (Lipinski definition) is 1. The fraction of sp³-hybridized carbons (Fsp3) is 0.0500. The van der Waals surface area contributed by atoms with Crippen LogP contribution in [0.5, 0.6) is 5.75 Å². The zero-order chi connectivity index (χ0) is 17.4. The quantitative estimate of drug-likeness (QED) is 0.542. The van der Waals surface area contributed by atoms with Crippen LogP contribution in [0.1, 0.15) is 0 Å². The zero-order valence-corrected chi connectivity index (χ0v) is 13.5. The Morgan fingerprint density at radius 1 is 0.920 bits per heavy atom. The molecule has 2 N–H and O–H groups in total. The highest BCUT2D eigenvalue weighted by molar-refractivity contribution is 5.82. The van der Waals surface area contributed by atoms with Crippen LogP contribution in [0.4, 0.5) is 10.1 Å². The summed E-state index contributed by atoms with van der Waals surface area (Å²) < 4.78 is 24.1. The molecule has 0 unspecified atom stereocenters. The lowest BCUT2D eigenvalue weighted by atomic mass is 10.1. The van der Waals surface area contributed by atoms with Gasteiger partial charge in [-0.15, -0.1) is 0 Å². The van der Waals surface area contributed by atoms with Gasteiger partial charge in [0.15, 0.2) is 5.58 Å². The highest BCUT2D eigenvalue weighted by Crippen LogP contribution is 2.31. The van der Waals surface area contributed by atoms with E-state index in [2.05, 4.69) is 4.98 Å². The molecule has 0 saturated carbocycles. The highest BCUT2D eigenvalue weighted by Gasteiger charge is 2.11. The maximum atomic E-state index is 13.1. The maximum absolute atomic E-state index is 13.1. The van der Waals surface area contributed by atoms with E-state index >= 15 is 0 Å². The van der Waals surface area contributed by atoms with E-state index in [1.165, 1.54) is 12.1 Å². The first kappa shape index (κ1) is 15.2. The third kappa shape index (κ3) is 2.80. The van der Waals surface area contributed by atoms with Gasteiger partial charge in [-0.05, 0) is 53.6 Å². The number of halogens is 1. The average Bonchev–Trinajstić information content (AvgIpc) is 3.05. The molecule has 0 aliphatic heterocycles. The highest BCUT2D eigenvalue weighted by atomic mass is 19.1. The Morgan fingerprint density at radius 3 is 2.36 bits per heavy atom. The van der Waals surface area contributed by atoms with Crippen molar-refractivity contribution in [1.29, 1.82) is 0 Å². The molecule has 0 saturated heterocycles. The van der Waals surface area contributed by atoms with E-state index < -0.39 is 0 Å². The molecule has 1 aromatic heterocycles. The van der Waals surface area contributed by atoms with Crippen molar-refractivity contribution in [3.63, 3.8) is 0 Å². The average molecular weight is 334 g/mol.